The largest absolute Gasteiger partial charge is 0.478 e. The van der Waals surface area contributed by atoms with E-state index < -0.39 is 5.97 Å². The highest BCUT2D eigenvalue weighted by Gasteiger charge is 2.22. The van der Waals surface area contributed by atoms with E-state index in [-0.39, 0.29) is 24.6 Å². The smallest absolute Gasteiger partial charge is 0.339 e. The van der Waals surface area contributed by atoms with Gasteiger partial charge in [0.1, 0.15) is 17.9 Å². The van der Waals surface area contributed by atoms with Gasteiger partial charge in [0.25, 0.3) is 0 Å². The highest BCUT2D eigenvalue weighted by molar-refractivity contribution is 5.88. The Morgan fingerprint density at radius 1 is 1.56 bits per heavy atom. The lowest BCUT2D eigenvalue weighted by atomic mass is 10.2. The number of ether oxygens (including phenoxy) is 1. The molecule has 1 aromatic rings. The number of carbonyl (C=O) groups excluding carboxylic acids is 1. The molecule has 1 amide bonds. The van der Waals surface area contributed by atoms with Gasteiger partial charge in [-0.1, -0.05) is 0 Å². The molecule has 2 rings (SSSR count). The molecule has 6 heteroatoms. The van der Waals surface area contributed by atoms with Gasteiger partial charge in [0.2, 0.25) is 5.91 Å². The predicted molar refractivity (Wildman–Crippen MR) is 51.9 cm³/mol. The number of hydrogen-bond acceptors (Lipinski definition) is 4. The molecule has 1 aliphatic heterocycles. The molecule has 0 spiro atoms. The maximum absolute atomic E-state index is 11.4. The lowest BCUT2D eigenvalue weighted by molar-refractivity contribution is -0.143. The van der Waals surface area contributed by atoms with Gasteiger partial charge in [0.15, 0.2) is 0 Å². The van der Waals surface area contributed by atoms with E-state index in [1.54, 1.807) is 0 Å². The van der Waals surface area contributed by atoms with Crippen LogP contribution in [0.5, 0.6) is 0 Å². The second-order valence-electron chi connectivity index (χ2n) is 3.43. The number of furan rings is 1. The Morgan fingerprint density at radius 2 is 2.38 bits per heavy atom. The van der Waals surface area contributed by atoms with Crippen LogP contribution in [0.4, 0.5) is 0 Å². The van der Waals surface area contributed by atoms with Gasteiger partial charge in [-0.3, -0.25) is 4.79 Å². The van der Waals surface area contributed by atoms with Crippen LogP contribution in [0, 0.1) is 0 Å². The molecular weight excluding hydrogens is 214 g/mol. The van der Waals surface area contributed by atoms with Crippen LogP contribution >= 0.6 is 0 Å². The normalized spacial score (nSPS) is 16.5. The molecule has 0 atom stereocenters. The number of amides is 1. The zero-order chi connectivity index (χ0) is 11.5. The lowest BCUT2D eigenvalue weighted by Crippen LogP contribution is -2.41. The van der Waals surface area contributed by atoms with Crippen molar-refractivity contribution in [2.75, 3.05) is 19.8 Å². The molecule has 1 N–H and O–H groups in total. The summed E-state index contributed by atoms with van der Waals surface area (Å²) in [4.78, 5) is 23.8. The number of rotatable bonds is 3. The molecule has 6 nitrogen and oxygen atoms in total. The maximum Gasteiger partial charge on any atom is 0.339 e. The fourth-order valence-corrected chi connectivity index (χ4v) is 1.54. The first-order valence-corrected chi connectivity index (χ1v) is 4.83. The first kappa shape index (κ1) is 10.7. The number of carbonyl (C=O) groups is 2. The maximum atomic E-state index is 11.4. The lowest BCUT2D eigenvalue weighted by Gasteiger charge is -2.25. The Labute approximate surface area is 91.4 Å². The van der Waals surface area contributed by atoms with Crippen LogP contribution in [0.2, 0.25) is 0 Å². The molecule has 1 aliphatic rings. The average Bonchev–Trinajstić information content (AvgIpc) is 2.69. The summed E-state index contributed by atoms with van der Waals surface area (Å²) in [5.74, 6) is -0.911. The molecule has 1 aromatic heterocycles. The molecule has 86 valence electrons. The second kappa shape index (κ2) is 4.36. The third-order valence-electron chi connectivity index (χ3n) is 2.39. The topological polar surface area (TPSA) is 80.0 Å². The minimum Gasteiger partial charge on any atom is -0.478 e. The minimum absolute atomic E-state index is 0.0448. The Morgan fingerprint density at radius 3 is 3.06 bits per heavy atom. The molecule has 0 aliphatic carbocycles. The van der Waals surface area contributed by atoms with E-state index in [1.165, 1.54) is 17.2 Å². The van der Waals surface area contributed by atoms with Crippen LogP contribution in [0.25, 0.3) is 0 Å². The van der Waals surface area contributed by atoms with Gasteiger partial charge in [-0.2, -0.15) is 0 Å². The van der Waals surface area contributed by atoms with Gasteiger partial charge in [-0.05, 0) is 6.07 Å². The quantitative estimate of drug-likeness (QED) is 0.802. The molecule has 1 saturated heterocycles. The molecule has 2 heterocycles. The summed E-state index contributed by atoms with van der Waals surface area (Å²) >= 11 is 0. The number of nitrogens with zero attached hydrogens (tertiary/aromatic N) is 1. The van der Waals surface area contributed by atoms with E-state index in [2.05, 4.69) is 0 Å². The molecule has 0 aromatic carbocycles. The summed E-state index contributed by atoms with van der Waals surface area (Å²) in [5.41, 5.74) is 0.0966. The number of hydrogen-bond donors (Lipinski definition) is 1. The second-order valence-corrected chi connectivity index (χ2v) is 3.43. The van der Waals surface area contributed by atoms with Crippen molar-refractivity contribution in [3.63, 3.8) is 0 Å². The minimum atomic E-state index is -1.05. The van der Waals surface area contributed by atoms with Crippen molar-refractivity contribution in [2.45, 2.75) is 6.54 Å². The fourth-order valence-electron chi connectivity index (χ4n) is 1.54. The summed E-state index contributed by atoms with van der Waals surface area (Å²) in [6.07, 6.45) is 1.31. The molecule has 1 fully saturated rings. The first-order chi connectivity index (χ1) is 7.68. The first-order valence-electron chi connectivity index (χ1n) is 4.83. The molecule has 0 radical (unpaired) electrons. The fraction of sp³-hybridized carbons (Fsp3) is 0.400. The summed E-state index contributed by atoms with van der Waals surface area (Å²) in [6.45, 7) is 1.15. The molecule has 0 unspecified atom stereocenters. The number of carboxylic acids is 1. The Bertz CT molecular complexity index is 411. The molecule has 0 bridgehead atoms. The van der Waals surface area contributed by atoms with Crippen molar-refractivity contribution in [3.8, 4) is 0 Å². The van der Waals surface area contributed by atoms with Gasteiger partial charge in [0, 0.05) is 6.54 Å². The zero-order valence-electron chi connectivity index (χ0n) is 8.51. The van der Waals surface area contributed by atoms with Crippen LogP contribution in [-0.4, -0.2) is 41.6 Å². The molecular formula is C10H11NO5. The average molecular weight is 225 g/mol. The van der Waals surface area contributed by atoms with Crippen LogP contribution < -0.4 is 0 Å². The summed E-state index contributed by atoms with van der Waals surface area (Å²) in [7, 11) is 0. The van der Waals surface area contributed by atoms with E-state index in [4.69, 9.17) is 14.3 Å². The van der Waals surface area contributed by atoms with Gasteiger partial charge < -0.3 is 19.2 Å². The highest BCUT2D eigenvalue weighted by atomic mass is 16.5. The van der Waals surface area contributed by atoms with E-state index in [9.17, 15) is 9.59 Å². The monoisotopic (exact) mass is 225 g/mol. The zero-order valence-corrected chi connectivity index (χ0v) is 8.51. The van der Waals surface area contributed by atoms with E-state index >= 15 is 0 Å². The van der Waals surface area contributed by atoms with E-state index in [1.807, 2.05) is 0 Å². The summed E-state index contributed by atoms with van der Waals surface area (Å²) < 4.78 is 10.0. The summed E-state index contributed by atoms with van der Waals surface area (Å²) in [6, 6.07) is 1.38. The van der Waals surface area contributed by atoms with Gasteiger partial charge in [0.05, 0.1) is 19.4 Å². The van der Waals surface area contributed by atoms with Gasteiger partial charge in [-0.25, -0.2) is 4.79 Å². The van der Waals surface area contributed by atoms with Crippen molar-refractivity contribution < 1.29 is 23.8 Å². The Balaban J connectivity index is 2.10. The van der Waals surface area contributed by atoms with Crippen LogP contribution in [0.15, 0.2) is 16.7 Å². The third kappa shape index (κ3) is 2.06. The molecule has 16 heavy (non-hydrogen) atoms. The van der Waals surface area contributed by atoms with Gasteiger partial charge >= 0.3 is 5.97 Å². The number of aromatic carboxylic acids is 1. The SMILES string of the molecule is O=C(O)c1ccoc1CN1CCOCC1=O. The van der Waals surface area contributed by atoms with Crippen molar-refractivity contribution >= 4 is 11.9 Å². The standard InChI is InChI=1S/C10H11NO5/c12-9-6-15-4-2-11(9)5-8-7(10(13)14)1-3-16-8/h1,3H,2,4-6H2,(H,13,14). The van der Waals surface area contributed by atoms with Crippen LogP contribution in [-0.2, 0) is 16.1 Å². The van der Waals surface area contributed by atoms with Crippen molar-refractivity contribution in [2.24, 2.45) is 0 Å². The van der Waals surface area contributed by atoms with Crippen LogP contribution in [0.1, 0.15) is 16.1 Å². The Hall–Kier alpha value is -1.82. The van der Waals surface area contributed by atoms with Crippen molar-refractivity contribution in [3.05, 3.63) is 23.7 Å². The van der Waals surface area contributed by atoms with Gasteiger partial charge in [-0.15, -0.1) is 0 Å². The van der Waals surface area contributed by atoms with E-state index in [0.29, 0.717) is 18.9 Å². The van der Waals surface area contributed by atoms with E-state index in [0.717, 1.165) is 0 Å². The number of morpholine rings is 1. The highest BCUT2D eigenvalue weighted by Crippen LogP contribution is 2.14. The third-order valence-corrected chi connectivity index (χ3v) is 2.39. The predicted octanol–water partition coefficient (Wildman–Crippen LogP) is 0.337. The molecule has 0 saturated carbocycles. The van der Waals surface area contributed by atoms with Crippen LogP contribution in [0.3, 0.4) is 0 Å². The number of carboxylic acid groups (broad SMARTS) is 1. The van der Waals surface area contributed by atoms with Crippen molar-refractivity contribution in [1.29, 1.82) is 0 Å². The Kier molecular flexibility index (Phi) is 2.91. The van der Waals surface area contributed by atoms with Crippen molar-refractivity contribution in [1.82, 2.24) is 4.90 Å². The summed E-state index contributed by atoms with van der Waals surface area (Å²) in [5, 5.41) is 8.86.